The molecule has 112 valence electrons. The maximum absolute atomic E-state index is 10.9. The number of rotatable bonds is 10. The molecule has 0 saturated heterocycles. The molecule has 1 heterocycles. The molecule has 0 aliphatic heterocycles. The third-order valence-electron chi connectivity index (χ3n) is 2.85. The van der Waals surface area contributed by atoms with Crippen molar-refractivity contribution in [3.63, 3.8) is 0 Å². The Bertz CT molecular complexity index is 424. The first-order valence-electron chi connectivity index (χ1n) is 7.20. The van der Waals surface area contributed by atoms with E-state index in [0.29, 0.717) is 24.8 Å². The molecule has 0 aliphatic rings. The molecule has 0 aliphatic carbocycles. The number of aromatic nitrogens is 1. The largest absolute Gasteiger partial charge is 0.477 e. The number of anilines is 1. The van der Waals surface area contributed by atoms with Gasteiger partial charge in [-0.15, -0.1) is 0 Å². The van der Waals surface area contributed by atoms with Crippen molar-refractivity contribution in [1.29, 1.82) is 0 Å². The van der Waals surface area contributed by atoms with Gasteiger partial charge in [-0.3, -0.25) is 10.1 Å². The first-order valence-corrected chi connectivity index (χ1v) is 7.20. The molecule has 1 rings (SSSR count). The molecule has 1 N–H and O–H groups in total. The van der Waals surface area contributed by atoms with Gasteiger partial charge in [-0.25, -0.2) is 0 Å². The van der Waals surface area contributed by atoms with Gasteiger partial charge in [0, 0.05) is 6.54 Å². The highest BCUT2D eigenvalue weighted by molar-refractivity contribution is 5.48. The number of nitrogens with one attached hydrogen (secondary N) is 1. The second kappa shape index (κ2) is 9.12. The van der Waals surface area contributed by atoms with E-state index in [9.17, 15) is 10.1 Å². The minimum atomic E-state index is -0.434. The van der Waals surface area contributed by atoms with Crippen LogP contribution < -0.4 is 10.1 Å². The Balaban J connectivity index is 2.53. The molecule has 1 aromatic rings. The Labute approximate surface area is 119 Å². The maximum Gasteiger partial charge on any atom is 0.278 e. The monoisotopic (exact) mass is 281 g/mol. The fourth-order valence-electron chi connectivity index (χ4n) is 1.82. The predicted molar refractivity (Wildman–Crippen MR) is 79.3 cm³/mol. The molecule has 6 nitrogen and oxygen atoms in total. The van der Waals surface area contributed by atoms with E-state index in [0.717, 1.165) is 12.8 Å². The van der Waals surface area contributed by atoms with E-state index < -0.39 is 4.92 Å². The zero-order valence-corrected chi connectivity index (χ0v) is 12.2. The summed E-state index contributed by atoms with van der Waals surface area (Å²) >= 11 is 0. The molecule has 0 bridgehead atoms. The number of pyridine rings is 1. The third-order valence-corrected chi connectivity index (χ3v) is 2.85. The summed E-state index contributed by atoms with van der Waals surface area (Å²) in [4.78, 5) is 14.6. The molecule has 20 heavy (non-hydrogen) atoms. The Morgan fingerprint density at radius 3 is 2.65 bits per heavy atom. The minimum absolute atomic E-state index is 0.00284. The van der Waals surface area contributed by atoms with Gasteiger partial charge >= 0.3 is 0 Å². The summed E-state index contributed by atoms with van der Waals surface area (Å²) in [6, 6.07) is 2.78. The van der Waals surface area contributed by atoms with E-state index in [1.54, 1.807) is 0 Å². The normalized spacial score (nSPS) is 10.3. The Hall–Kier alpha value is -1.85. The Morgan fingerprint density at radius 2 is 2.00 bits per heavy atom. The predicted octanol–water partition coefficient (Wildman–Crippen LogP) is 3.77. The van der Waals surface area contributed by atoms with Gasteiger partial charge in [0.2, 0.25) is 5.88 Å². The molecule has 0 aromatic carbocycles. The molecular weight excluding hydrogens is 258 g/mol. The molecule has 0 radical (unpaired) electrons. The molecule has 0 atom stereocenters. The number of hydrogen-bond acceptors (Lipinski definition) is 5. The van der Waals surface area contributed by atoms with Crippen molar-refractivity contribution in [3.05, 3.63) is 22.2 Å². The summed E-state index contributed by atoms with van der Waals surface area (Å²) in [7, 11) is 0. The van der Waals surface area contributed by atoms with Crippen LogP contribution in [0.5, 0.6) is 5.88 Å². The van der Waals surface area contributed by atoms with Crippen molar-refractivity contribution in [2.24, 2.45) is 0 Å². The van der Waals surface area contributed by atoms with Crippen molar-refractivity contribution in [2.75, 3.05) is 18.5 Å². The number of nitro groups is 1. The second-order valence-electron chi connectivity index (χ2n) is 4.60. The minimum Gasteiger partial charge on any atom is -0.477 e. The maximum atomic E-state index is 10.9. The van der Waals surface area contributed by atoms with Gasteiger partial charge in [-0.2, -0.15) is 4.98 Å². The van der Waals surface area contributed by atoms with Crippen molar-refractivity contribution >= 4 is 11.5 Å². The summed E-state index contributed by atoms with van der Waals surface area (Å²) < 4.78 is 5.51. The first kappa shape index (κ1) is 16.2. The van der Waals surface area contributed by atoms with Crippen LogP contribution in [-0.2, 0) is 0 Å². The van der Waals surface area contributed by atoms with Gasteiger partial charge in [-0.1, -0.05) is 32.6 Å². The summed E-state index contributed by atoms with van der Waals surface area (Å²) in [5.41, 5.74) is -0.00284. The van der Waals surface area contributed by atoms with Gasteiger partial charge < -0.3 is 10.1 Å². The van der Waals surface area contributed by atoms with Crippen LogP contribution in [0.1, 0.15) is 46.0 Å². The fraction of sp³-hybridized carbons (Fsp3) is 0.643. The van der Waals surface area contributed by atoms with Gasteiger partial charge in [0.25, 0.3) is 5.69 Å². The highest BCUT2D eigenvalue weighted by Gasteiger charge is 2.11. The van der Waals surface area contributed by atoms with Crippen LogP contribution in [0.4, 0.5) is 11.5 Å². The van der Waals surface area contributed by atoms with E-state index in [1.165, 1.54) is 31.4 Å². The zero-order valence-electron chi connectivity index (χ0n) is 12.2. The molecule has 0 unspecified atom stereocenters. The van der Waals surface area contributed by atoms with Crippen LogP contribution in [-0.4, -0.2) is 23.1 Å². The van der Waals surface area contributed by atoms with Crippen LogP contribution in [0.15, 0.2) is 12.1 Å². The van der Waals surface area contributed by atoms with Crippen LogP contribution in [0, 0.1) is 10.1 Å². The van der Waals surface area contributed by atoms with E-state index in [1.807, 2.05) is 6.92 Å². The van der Waals surface area contributed by atoms with Crippen molar-refractivity contribution in [3.8, 4) is 5.88 Å². The quantitative estimate of drug-likeness (QED) is 0.401. The molecule has 1 aromatic heterocycles. The summed E-state index contributed by atoms with van der Waals surface area (Å²) in [6.45, 7) is 5.29. The lowest BCUT2D eigenvalue weighted by Gasteiger charge is -2.08. The van der Waals surface area contributed by atoms with Crippen LogP contribution >= 0.6 is 0 Å². The second-order valence-corrected chi connectivity index (χ2v) is 4.60. The van der Waals surface area contributed by atoms with Crippen molar-refractivity contribution in [1.82, 2.24) is 4.98 Å². The van der Waals surface area contributed by atoms with E-state index in [4.69, 9.17) is 4.74 Å². The summed E-state index contributed by atoms with van der Waals surface area (Å²) in [5, 5.41) is 13.8. The highest BCUT2D eigenvalue weighted by atomic mass is 16.6. The Morgan fingerprint density at radius 1 is 1.25 bits per heavy atom. The molecular formula is C14H23N3O3. The van der Waals surface area contributed by atoms with Gasteiger partial charge in [0.15, 0.2) is 0 Å². The van der Waals surface area contributed by atoms with E-state index in [2.05, 4.69) is 17.2 Å². The SMILES string of the molecule is CCCCCCCOc1cc([N+](=O)[O-])cc(NCC)n1. The van der Waals surface area contributed by atoms with E-state index >= 15 is 0 Å². The average molecular weight is 281 g/mol. The highest BCUT2D eigenvalue weighted by Crippen LogP contribution is 2.22. The summed E-state index contributed by atoms with van der Waals surface area (Å²) in [6.07, 6.45) is 5.70. The number of unbranched alkanes of at least 4 members (excludes halogenated alkanes) is 4. The lowest BCUT2D eigenvalue weighted by atomic mass is 10.2. The number of ether oxygens (including phenoxy) is 1. The smallest absolute Gasteiger partial charge is 0.278 e. The van der Waals surface area contributed by atoms with Crippen LogP contribution in [0.25, 0.3) is 0 Å². The molecule has 0 amide bonds. The van der Waals surface area contributed by atoms with Gasteiger partial charge in [-0.05, 0) is 13.3 Å². The standard InChI is InChI=1S/C14H23N3O3/c1-3-5-6-7-8-9-20-14-11-12(17(18)19)10-13(16-14)15-4-2/h10-11H,3-9H2,1-2H3,(H,15,16). The summed E-state index contributed by atoms with van der Waals surface area (Å²) in [5.74, 6) is 0.785. The lowest BCUT2D eigenvalue weighted by Crippen LogP contribution is -2.04. The van der Waals surface area contributed by atoms with Gasteiger partial charge in [0.05, 0.1) is 23.7 Å². The molecule has 0 spiro atoms. The molecule has 0 saturated carbocycles. The molecule has 0 fully saturated rings. The van der Waals surface area contributed by atoms with Crippen molar-refractivity contribution in [2.45, 2.75) is 46.0 Å². The van der Waals surface area contributed by atoms with E-state index in [-0.39, 0.29) is 5.69 Å². The Kier molecular flexibility index (Phi) is 7.39. The van der Waals surface area contributed by atoms with Gasteiger partial charge in [0.1, 0.15) is 5.82 Å². The fourth-order valence-corrected chi connectivity index (χ4v) is 1.82. The number of hydrogen-bond donors (Lipinski definition) is 1. The lowest BCUT2D eigenvalue weighted by molar-refractivity contribution is -0.384. The zero-order chi connectivity index (χ0) is 14.8. The first-order chi connectivity index (χ1) is 9.67. The topological polar surface area (TPSA) is 77.3 Å². The molecule has 6 heteroatoms. The average Bonchev–Trinajstić information content (AvgIpc) is 2.43. The van der Waals surface area contributed by atoms with Crippen LogP contribution in [0.2, 0.25) is 0 Å². The number of nitrogens with zero attached hydrogens (tertiary/aromatic N) is 2. The van der Waals surface area contributed by atoms with Crippen LogP contribution in [0.3, 0.4) is 0 Å². The van der Waals surface area contributed by atoms with Crippen molar-refractivity contribution < 1.29 is 9.66 Å². The third kappa shape index (κ3) is 5.86.